The Morgan fingerprint density at radius 3 is 2.94 bits per heavy atom. The van der Waals surface area contributed by atoms with Gasteiger partial charge in [0, 0.05) is 33.3 Å². The molecule has 0 radical (unpaired) electrons. The highest BCUT2D eigenvalue weighted by Gasteiger charge is 2.11. The zero-order valence-corrected chi connectivity index (χ0v) is 9.51. The Balaban J connectivity index is 2.51. The Kier molecular flexibility index (Phi) is 2.70. The molecule has 0 saturated carbocycles. The van der Waals surface area contributed by atoms with Crippen LogP contribution in [-0.2, 0) is 7.05 Å². The summed E-state index contributed by atoms with van der Waals surface area (Å²) < 4.78 is 1.95. The predicted octanol–water partition coefficient (Wildman–Crippen LogP) is 0.674. The van der Waals surface area contributed by atoms with E-state index in [4.69, 9.17) is 5.73 Å². The van der Waals surface area contributed by atoms with Crippen LogP contribution in [0.15, 0.2) is 18.2 Å². The van der Waals surface area contributed by atoms with E-state index in [1.807, 2.05) is 29.6 Å². The van der Waals surface area contributed by atoms with Crippen molar-refractivity contribution >= 4 is 17.0 Å². The van der Waals surface area contributed by atoms with E-state index < -0.39 is 0 Å². The van der Waals surface area contributed by atoms with Gasteiger partial charge in [-0.3, -0.25) is 0 Å². The summed E-state index contributed by atoms with van der Waals surface area (Å²) in [5.74, 6) is 1.11. The number of nitrogens with zero attached hydrogens (tertiary/aromatic N) is 3. The lowest BCUT2D eigenvalue weighted by Crippen LogP contribution is -2.27. The molecule has 5 heteroatoms. The molecular formula is C11H16N4O. The fraction of sp³-hybridized carbons (Fsp3) is 0.364. The van der Waals surface area contributed by atoms with Gasteiger partial charge in [-0.1, -0.05) is 0 Å². The van der Waals surface area contributed by atoms with Gasteiger partial charge in [0.25, 0.3) is 0 Å². The molecule has 1 aromatic heterocycles. The molecule has 0 bridgehead atoms. The number of phenolic OH excluding ortho intramolecular Hbond substituents is 1. The average Bonchev–Trinajstić information content (AvgIpc) is 2.57. The van der Waals surface area contributed by atoms with Crippen LogP contribution in [0.25, 0.3) is 11.0 Å². The number of aryl methyl sites for hydroxylation is 1. The maximum Gasteiger partial charge on any atom is 0.206 e. The Hall–Kier alpha value is -1.75. The number of imidazole rings is 1. The number of rotatable bonds is 3. The van der Waals surface area contributed by atoms with E-state index >= 15 is 0 Å². The molecule has 0 aliphatic rings. The van der Waals surface area contributed by atoms with Gasteiger partial charge in [0.05, 0.1) is 11.0 Å². The van der Waals surface area contributed by atoms with Crippen molar-refractivity contribution in [2.24, 2.45) is 12.8 Å². The summed E-state index contributed by atoms with van der Waals surface area (Å²) in [5.41, 5.74) is 7.31. The Bertz CT molecular complexity index is 506. The van der Waals surface area contributed by atoms with Crippen LogP contribution in [-0.4, -0.2) is 34.8 Å². The van der Waals surface area contributed by atoms with E-state index in [0.29, 0.717) is 6.54 Å². The van der Waals surface area contributed by atoms with Crippen molar-refractivity contribution in [2.75, 3.05) is 25.0 Å². The highest BCUT2D eigenvalue weighted by Crippen LogP contribution is 2.23. The second-order valence-electron chi connectivity index (χ2n) is 3.85. The largest absolute Gasteiger partial charge is 0.508 e. The van der Waals surface area contributed by atoms with Crippen LogP contribution < -0.4 is 10.6 Å². The third kappa shape index (κ3) is 1.69. The molecule has 0 aliphatic carbocycles. The van der Waals surface area contributed by atoms with Crippen molar-refractivity contribution in [3.63, 3.8) is 0 Å². The quantitative estimate of drug-likeness (QED) is 0.798. The summed E-state index contributed by atoms with van der Waals surface area (Å²) in [7, 11) is 3.88. The molecule has 1 heterocycles. The molecule has 0 atom stereocenters. The lowest BCUT2D eigenvalue weighted by Gasteiger charge is -2.16. The molecule has 0 spiro atoms. The van der Waals surface area contributed by atoms with E-state index in [9.17, 15) is 5.11 Å². The van der Waals surface area contributed by atoms with E-state index in [1.54, 1.807) is 12.1 Å². The molecule has 16 heavy (non-hydrogen) atoms. The highest BCUT2D eigenvalue weighted by molar-refractivity contribution is 5.80. The molecule has 0 aliphatic heterocycles. The van der Waals surface area contributed by atoms with Crippen LogP contribution in [0.1, 0.15) is 0 Å². The molecule has 0 amide bonds. The molecule has 1 aromatic carbocycles. The molecule has 2 aromatic rings. The summed E-state index contributed by atoms with van der Waals surface area (Å²) in [6, 6.07) is 5.16. The van der Waals surface area contributed by atoms with Crippen LogP contribution in [0.2, 0.25) is 0 Å². The monoisotopic (exact) mass is 220 g/mol. The second-order valence-corrected chi connectivity index (χ2v) is 3.85. The Labute approximate surface area is 94.1 Å². The fourth-order valence-corrected chi connectivity index (χ4v) is 1.80. The lowest BCUT2D eigenvalue weighted by molar-refractivity contribution is 0.476. The van der Waals surface area contributed by atoms with E-state index in [1.165, 1.54) is 0 Å². The number of phenols is 1. The molecule has 3 N–H and O–H groups in total. The maximum absolute atomic E-state index is 9.43. The van der Waals surface area contributed by atoms with Gasteiger partial charge in [-0.25, -0.2) is 4.98 Å². The minimum absolute atomic E-state index is 0.253. The minimum atomic E-state index is 0.253. The number of aromatic nitrogens is 2. The van der Waals surface area contributed by atoms with Gasteiger partial charge >= 0.3 is 0 Å². The number of anilines is 1. The normalized spacial score (nSPS) is 10.9. The van der Waals surface area contributed by atoms with E-state index in [0.717, 1.165) is 23.5 Å². The summed E-state index contributed by atoms with van der Waals surface area (Å²) in [5, 5.41) is 9.43. The molecule has 2 rings (SSSR count). The van der Waals surface area contributed by atoms with Gasteiger partial charge in [0.1, 0.15) is 5.75 Å². The van der Waals surface area contributed by atoms with Gasteiger partial charge < -0.3 is 20.3 Å². The molecule has 0 fully saturated rings. The van der Waals surface area contributed by atoms with Gasteiger partial charge in [0.2, 0.25) is 5.95 Å². The van der Waals surface area contributed by atoms with E-state index in [-0.39, 0.29) is 5.75 Å². The fourth-order valence-electron chi connectivity index (χ4n) is 1.80. The third-order valence-corrected chi connectivity index (χ3v) is 2.65. The number of fused-ring (bicyclic) bond motifs is 1. The first-order chi connectivity index (χ1) is 7.63. The van der Waals surface area contributed by atoms with Crippen molar-refractivity contribution in [1.82, 2.24) is 9.55 Å². The van der Waals surface area contributed by atoms with Gasteiger partial charge in [0.15, 0.2) is 0 Å². The first-order valence-corrected chi connectivity index (χ1v) is 5.20. The zero-order valence-electron chi connectivity index (χ0n) is 9.51. The summed E-state index contributed by atoms with van der Waals surface area (Å²) in [6.07, 6.45) is 0. The molecule has 5 nitrogen and oxygen atoms in total. The maximum atomic E-state index is 9.43. The Morgan fingerprint density at radius 1 is 1.50 bits per heavy atom. The van der Waals surface area contributed by atoms with Crippen LogP contribution in [0, 0.1) is 0 Å². The van der Waals surface area contributed by atoms with Crippen molar-refractivity contribution in [3.05, 3.63) is 18.2 Å². The number of aromatic hydroxyl groups is 1. The smallest absolute Gasteiger partial charge is 0.206 e. The van der Waals surface area contributed by atoms with Crippen LogP contribution >= 0.6 is 0 Å². The summed E-state index contributed by atoms with van der Waals surface area (Å²) >= 11 is 0. The average molecular weight is 220 g/mol. The van der Waals surface area contributed by atoms with Crippen LogP contribution in [0.5, 0.6) is 5.75 Å². The number of hydrogen-bond acceptors (Lipinski definition) is 4. The number of likely N-dealkylation sites (N-methyl/N-ethyl adjacent to an activating group) is 1. The van der Waals surface area contributed by atoms with E-state index in [2.05, 4.69) is 4.98 Å². The van der Waals surface area contributed by atoms with Gasteiger partial charge in [-0.05, 0) is 12.1 Å². The number of nitrogens with two attached hydrogens (primary N) is 1. The third-order valence-electron chi connectivity index (χ3n) is 2.65. The topological polar surface area (TPSA) is 67.3 Å². The lowest BCUT2D eigenvalue weighted by atomic mass is 10.3. The minimum Gasteiger partial charge on any atom is -0.508 e. The van der Waals surface area contributed by atoms with Crippen molar-refractivity contribution in [1.29, 1.82) is 0 Å². The Morgan fingerprint density at radius 2 is 2.25 bits per heavy atom. The summed E-state index contributed by atoms with van der Waals surface area (Å²) in [6.45, 7) is 1.34. The zero-order chi connectivity index (χ0) is 11.7. The second kappa shape index (κ2) is 4.02. The molecular weight excluding hydrogens is 204 g/mol. The summed E-state index contributed by atoms with van der Waals surface area (Å²) in [4.78, 5) is 6.49. The van der Waals surface area contributed by atoms with Crippen LogP contribution in [0.3, 0.4) is 0 Å². The first-order valence-electron chi connectivity index (χ1n) is 5.20. The van der Waals surface area contributed by atoms with Gasteiger partial charge in [-0.15, -0.1) is 0 Å². The van der Waals surface area contributed by atoms with Crippen molar-refractivity contribution in [2.45, 2.75) is 0 Å². The molecule has 0 saturated heterocycles. The van der Waals surface area contributed by atoms with Crippen LogP contribution in [0.4, 0.5) is 5.95 Å². The standard InChI is InChI=1S/C11H16N4O/c1-14(6-5-12)11-13-9-4-3-8(16)7-10(9)15(11)2/h3-4,7,16H,5-6,12H2,1-2H3. The number of hydrogen-bond donors (Lipinski definition) is 2. The highest BCUT2D eigenvalue weighted by atomic mass is 16.3. The van der Waals surface area contributed by atoms with Gasteiger partial charge in [-0.2, -0.15) is 0 Å². The molecule has 86 valence electrons. The SMILES string of the molecule is CN(CCN)c1nc2ccc(O)cc2n1C. The van der Waals surface area contributed by atoms with Crippen molar-refractivity contribution in [3.8, 4) is 5.75 Å². The predicted molar refractivity (Wildman–Crippen MR) is 64.7 cm³/mol. The number of benzene rings is 1. The van der Waals surface area contributed by atoms with Crippen molar-refractivity contribution < 1.29 is 5.11 Å². The first kappa shape index (κ1) is 10.8. The molecule has 0 unspecified atom stereocenters.